The van der Waals surface area contributed by atoms with Crippen LogP contribution in [0.3, 0.4) is 0 Å². The zero-order chi connectivity index (χ0) is 19.3. The molecule has 0 aliphatic heterocycles. The predicted molar refractivity (Wildman–Crippen MR) is 105 cm³/mol. The first-order chi connectivity index (χ1) is 12.1. The van der Waals surface area contributed by atoms with Crippen molar-refractivity contribution in [1.29, 1.82) is 0 Å². The fourth-order valence-electron chi connectivity index (χ4n) is 1.88. The lowest BCUT2D eigenvalue weighted by atomic mass is 9.95. The molecule has 5 nitrogen and oxygen atoms in total. The summed E-state index contributed by atoms with van der Waals surface area (Å²) in [5.74, 6) is -0.0804. The van der Waals surface area contributed by atoms with Gasteiger partial charge in [-0.3, -0.25) is 9.59 Å². The minimum atomic E-state index is -0.480. The molecule has 2 amide bonds. The van der Waals surface area contributed by atoms with Gasteiger partial charge >= 0.3 is 0 Å². The lowest BCUT2D eigenvalue weighted by Gasteiger charge is -2.17. The van der Waals surface area contributed by atoms with Gasteiger partial charge < -0.3 is 15.4 Å². The highest BCUT2D eigenvalue weighted by Gasteiger charge is 2.21. The number of halogens is 2. The molecule has 2 aromatic rings. The fraction of sp³-hybridized carbons (Fsp3) is 0.263. The molecular formula is C19H20Cl2N2O3. The van der Waals surface area contributed by atoms with Crippen LogP contribution in [0.15, 0.2) is 42.5 Å². The minimum absolute atomic E-state index is 0.0823. The van der Waals surface area contributed by atoms with E-state index in [1.807, 2.05) is 20.8 Å². The van der Waals surface area contributed by atoms with E-state index in [0.717, 1.165) is 0 Å². The lowest BCUT2D eigenvalue weighted by Crippen LogP contribution is -2.27. The highest BCUT2D eigenvalue weighted by Crippen LogP contribution is 2.27. The van der Waals surface area contributed by atoms with E-state index >= 15 is 0 Å². The van der Waals surface area contributed by atoms with Crippen LogP contribution < -0.4 is 15.4 Å². The molecule has 0 aliphatic rings. The van der Waals surface area contributed by atoms with Gasteiger partial charge in [-0.2, -0.15) is 0 Å². The third-order valence-electron chi connectivity index (χ3n) is 3.36. The number of hydrogen-bond donors (Lipinski definition) is 2. The monoisotopic (exact) mass is 394 g/mol. The summed E-state index contributed by atoms with van der Waals surface area (Å²) in [6.07, 6.45) is 0. The molecule has 0 radical (unpaired) electrons. The molecular weight excluding hydrogens is 375 g/mol. The molecule has 2 rings (SSSR count). The van der Waals surface area contributed by atoms with E-state index in [1.54, 1.807) is 42.5 Å². The SMILES string of the molecule is CC(C)(C)C(=O)Nc1ccc(NC(=O)COc2cc(Cl)ccc2Cl)cc1. The smallest absolute Gasteiger partial charge is 0.262 e. The molecule has 0 saturated carbocycles. The van der Waals surface area contributed by atoms with Gasteiger partial charge in [-0.05, 0) is 36.4 Å². The van der Waals surface area contributed by atoms with E-state index in [9.17, 15) is 9.59 Å². The van der Waals surface area contributed by atoms with Gasteiger partial charge in [0.15, 0.2) is 6.61 Å². The van der Waals surface area contributed by atoms with Crippen molar-refractivity contribution in [3.05, 3.63) is 52.5 Å². The zero-order valence-corrected chi connectivity index (χ0v) is 16.2. The van der Waals surface area contributed by atoms with E-state index in [-0.39, 0.29) is 18.4 Å². The summed E-state index contributed by atoms with van der Waals surface area (Å²) in [5.41, 5.74) is 0.765. The summed E-state index contributed by atoms with van der Waals surface area (Å²) in [7, 11) is 0. The maximum Gasteiger partial charge on any atom is 0.262 e. The van der Waals surface area contributed by atoms with Gasteiger partial charge in [-0.25, -0.2) is 0 Å². The first-order valence-electron chi connectivity index (χ1n) is 7.94. The van der Waals surface area contributed by atoms with Gasteiger partial charge in [0.05, 0.1) is 5.02 Å². The molecule has 7 heteroatoms. The molecule has 26 heavy (non-hydrogen) atoms. The average molecular weight is 395 g/mol. The minimum Gasteiger partial charge on any atom is -0.482 e. The van der Waals surface area contributed by atoms with Crippen molar-refractivity contribution < 1.29 is 14.3 Å². The highest BCUT2D eigenvalue weighted by atomic mass is 35.5. The van der Waals surface area contributed by atoms with E-state index in [2.05, 4.69) is 10.6 Å². The maximum absolute atomic E-state index is 12.0. The van der Waals surface area contributed by atoms with Gasteiger partial charge in [0, 0.05) is 27.9 Å². The van der Waals surface area contributed by atoms with Crippen LogP contribution >= 0.6 is 23.2 Å². The van der Waals surface area contributed by atoms with Crippen LogP contribution in [-0.4, -0.2) is 18.4 Å². The number of rotatable bonds is 5. The van der Waals surface area contributed by atoms with Crippen LogP contribution in [-0.2, 0) is 9.59 Å². The zero-order valence-electron chi connectivity index (χ0n) is 14.7. The number of anilines is 2. The Bertz CT molecular complexity index is 799. The summed E-state index contributed by atoms with van der Waals surface area (Å²) >= 11 is 11.9. The van der Waals surface area contributed by atoms with E-state index in [1.165, 1.54) is 0 Å². The Morgan fingerprint density at radius 3 is 2.12 bits per heavy atom. The van der Waals surface area contributed by atoms with E-state index < -0.39 is 5.41 Å². The molecule has 0 spiro atoms. The Morgan fingerprint density at radius 1 is 0.962 bits per heavy atom. The third kappa shape index (κ3) is 5.93. The summed E-state index contributed by atoms with van der Waals surface area (Å²) < 4.78 is 5.38. The fourth-order valence-corrected chi connectivity index (χ4v) is 2.22. The highest BCUT2D eigenvalue weighted by molar-refractivity contribution is 6.34. The molecule has 0 atom stereocenters. The largest absolute Gasteiger partial charge is 0.482 e. The number of hydrogen-bond acceptors (Lipinski definition) is 3. The lowest BCUT2D eigenvalue weighted by molar-refractivity contribution is -0.123. The van der Waals surface area contributed by atoms with Crippen LogP contribution in [0.5, 0.6) is 5.75 Å². The molecule has 138 valence electrons. The maximum atomic E-state index is 12.0. The Hall–Kier alpha value is -2.24. The quantitative estimate of drug-likeness (QED) is 0.749. The standard InChI is InChI=1S/C19H20Cl2N2O3/c1-19(2,3)18(25)23-14-7-5-13(6-8-14)22-17(24)11-26-16-10-12(20)4-9-15(16)21/h4-10H,11H2,1-3H3,(H,22,24)(H,23,25). The first kappa shape index (κ1) is 20.1. The van der Waals surface area contributed by atoms with Gasteiger partial charge in [0.25, 0.3) is 5.91 Å². The van der Waals surface area contributed by atoms with Gasteiger partial charge in [0.1, 0.15) is 5.75 Å². The Kier molecular flexibility index (Phi) is 6.51. The normalized spacial score (nSPS) is 11.0. The number of benzene rings is 2. The van der Waals surface area contributed by atoms with E-state index in [0.29, 0.717) is 27.2 Å². The van der Waals surface area contributed by atoms with Crippen LogP contribution in [0.4, 0.5) is 11.4 Å². The molecule has 0 fully saturated rings. The van der Waals surface area contributed by atoms with E-state index in [4.69, 9.17) is 27.9 Å². The number of ether oxygens (including phenoxy) is 1. The number of nitrogens with one attached hydrogen (secondary N) is 2. The van der Waals surface area contributed by atoms with Crippen molar-refractivity contribution in [2.75, 3.05) is 17.2 Å². The van der Waals surface area contributed by atoms with Crippen molar-refractivity contribution in [3.8, 4) is 5.75 Å². The van der Waals surface area contributed by atoms with Crippen LogP contribution in [0.1, 0.15) is 20.8 Å². The summed E-state index contributed by atoms with van der Waals surface area (Å²) in [6, 6.07) is 11.6. The van der Waals surface area contributed by atoms with Crippen molar-refractivity contribution in [3.63, 3.8) is 0 Å². The molecule has 2 N–H and O–H groups in total. The van der Waals surface area contributed by atoms with Crippen molar-refractivity contribution in [1.82, 2.24) is 0 Å². The number of amides is 2. The second-order valence-corrected chi connectivity index (χ2v) is 7.54. The van der Waals surface area contributed by atoms with Gasteiger partial charge in [-0.1, -0.05) is 44.0 Å². The summed E-state index contributed by atoms with van der Waals surface area (Å²) in [6.45, 7) is 5.30. The third-order valence-corrected chi connectivity index (χ3v) is 3.91. The van der Waals surface area contributed by atoms with Crippen LogP contribution in [0, 0.1) is 5.41 Å². The summed E-state index contributed by atoms with van der Waals surface area (Å²) in [5, 5.41) is 6.37. The Balaban J connectivity index is 1.89. The van der Waals surface area contributed by atoms with Crippen molar-refractivity contribution in [2.24, 2.45) is 5.41 Å². The van der Waals surface area contributed by atoms with Gasteiger partial charge in [0.2, 0.25) is 5.91 Å². The van der Waals surface area contributed by atoms with Crippen LogP contribution in [0.2, 0.25) is 10.0 Å². The molecule has 0 bridgehead atoms. The number of carbonyl (C=O) groups excluding carboxylic acids is 2. The Morgan fingerprint density at radius 2 is 1.54 bits per heavy atom. The predicted octanol–water partition coefficient (Wildman–Crippen LogP) is 5.00. The second kappa shape index (κ2) is 8.43. The van der Waals surface area contributed by atoms with Crippen LogP contribution in [0.25, 0.3) is 0 Å². The molecule has 0 heterocycles. The molecule has 0 aromatic heterocycles. The van der Waals surface area contributed by atoms with Gasteiger partial charge in [-0.15, -0.1) is 0 Å². The average Bonchev–Trinajstić information content (AvgIpc) is 2.56. The Labute approximate surface area is 162 Å². The van der Waals surface area contributed by atoms with Crippen molar-refractivity contribution >= 4 is 46.4 Å². The second-order valence-electron chi connectivity index (χ2n) is 6.69. The molecule has 0 saturated heterocycles. The summed E-state index contributed by atoms with van der Waals surface area (Å²) in [4.78, 5) is 23.9. The first-order valence-corrected chi connectivity index (χ1v) is 8.70. The van der Waals surface area contributed by atoms with Crippen molar-refractivity contribution in [2.45, 2.75) is 20.8 Å². The number of carbonyl (C=O) groups is 2. The molecule has 0 unspecified atom stereocenters. The molecule has 2 aromatic carbocycles. The topological polar surface area (TPSA) is 67.4 Å². The molecule has 0 aliphatic carbocycles.